The molecule has 0 aromatic heterocycles. The Bertz CT molecular complexity index is 126. The van der Waals surface area contributed by atoms with Gasteiger partial charge in [0.05, 0.1) is 6.04 Å². The highest BCUT2D eigenvalue weighted by Gasteiger charge is 1.88. The lowest BCUT2D eigenvalue weighted by atomic mass is 10.4. The van der Waals surface area contributed by atoms with Crippen molar-refractivity contribution in [2.75, 3.05) is 6.54 Å². The number of guanidine groups is 1. The molecule has 0 saturated heterocycles. The molecular weight excluding hydrogens is 164 g/mol. The summed E-state index contributed by atoms with van der Waals surface area (Å²) >= 11 is 0. The van der Waals surface area contributed by atoms with Crippen molar-refractivity contribution in [1.82, 2.24) is 5.32 Å². The molecule has 0 atom stereocenters. The van der Waals surface area contributed by atoms with E-state index in [1.807, 2.05) is 13.8 Å². The summed E-state index contributed by atoms with van der Waals surface area (Å²) in [7, 11) is 0. The Balaban J connectivity index is 0. The lowest BCUT2D eigenvalue weighted by molar-refractivity contribution is -0.495. The largest absolute Gasteiger partial charge is 0.338 e. The standard InChI is InChI=1S/C5H13N.C4H11N3/c1-4-6-5(2)3;1-3(2)7-4(5)6/h5-6H,4H2,1-3H3;3H,1-2H3,(H4,5,6,7)/p+1. The molecule has 0 aliphatic heterocycles. The zero-order chi connectivity index (χ0) is 10.9. The van der Waals surface area contributed by atoms with Crippen molar-refractivity contribution in [2.45, 2.75) is 46.7 Å². The molecule has 0 amide bonds. The van der Waals surface area contributed by atoms with E-state index in [9.17, 15) is 0 Å². The van der Waals surface area contributed by atoms with Gasteiger partial charge in [-0.25, -0.2) is 0 Å². The van der Waals surface area contributed by atoms with Gasteiger partial charge in [0.2, 0.25) is 0 Å². The molecule has 0 spiro atoms. The number of hydrogen-bond acceptors (Lipinski definition) is 1. The predicted molar refractivity (Wildman–Crippen MR) is 58.3 cm³/mol. The van der Waals surface area contributed by atoms with Gasteiger partial charge in [0.25, 0.3) is 0 Å². The number of nitrogens with two attached hydrogens (primary N) is 2. The molecule has 0 heterocycles. The van der Waals surface area contributed by atoms with Gasteiger partial charge in [-0.05, 0) is 20.4 Å². The van der Waals surface area contributed by atoms with Crippen LogP contribution >= 0.6 is 0 Å². The quantitative estimate of drug-likeness (QED) is 0.331. The Morgan fingerprint density at radius 1 is 1.23 bits per heavy atom. The van der Waals surface area contributed by atoms with E-state index in [1.165, 1.54) is 0 Å². The minimum absolute atomic E-state index is 0.287. The summed E-state index contributed by atoms with van der Waals surface area (Å²) in [5.41, 5.74) is 10.2. The molecule has 4 nitrogen and oxygen atoms in total. The molecule has 0 rings (SSSR count). The topological polar surface area (TPSA) is 78.0 Å². The van der Waals surface area contributed by atoms with E-state index in [4.69, 9.17) is 11.5 Å². The van der Waals surface area contributed by atoms with Crippen molar-refractivity contribution in [1.29, 1.82) is 0 Å². The summed E-state index contributed by atoms with van der Waals surface area (Å²) in [5.74, 6) is 0.287. The first kappa shape index (κ1) is 14.7. The molecule has 13 heavy (non-hydrogen) atoms. The highest BCUT2D eigenvalue weighted by atomic mass is 15.0. The van der Waals surface area contributed by atoms with E-state index in [1.54, 1.807) is 0 Å². The molecule has 0 unspecified atom stereocenters. The van der Waals surface area contributed by atoms with Crippen LogP contribution in [0.5, 0.6) is 0 Å². The third-order valence-electron chi connectivity index (χ3n) is 1.07. The highest BCUT2D eigenvalue weighted by Crippen LogP contribution is 1.70. The molecule has 0 aromatic carbocycles. The van der Waals surface area contributed by atoms with Crippen molar-refractivity contribution in [3.8, 4) is 0 Å². The SMILES string of the molecule is CC(C)[NH+]=C(N)N.CCNC(C)C. The van der Waals surface area contributed by atoms with Crippen LogP contribution < -0.4 is 21.8 Å². The molecule has 80 valence electrons. The molecule has 0 bridgehead atoms. The molecule has 0 aliphatic rings. The maximum atomic E-state index is 5.08. The fraction of sp³-hybridized carbons (Fsp3) is 0.889. The Labute approximate surface area is 81.8 Å². The van der Waals surface area contributed by atoms with Crippen LogP contribution in [0.4, 0.5) is 0 Å². The zero-order valence-corrected chi connectivity index (χ0v) is 9.52. The molecule has 6 N–H and O–H groups in total. The summed E-state index contributed by atoms with van der Waals surface area (Å²) in [6.07, 6.45) is 0. The van der Waals surface area contributed by atoms with Gasteiger partial charge in [0, 0.05) is 6.04 Å². The molecule has 0 aromatic rings. The molecule has 0 radical (unpaired) electrons. The van der Waals surface area contributed by atoms with E-state index < -0.39 is 0 Å². The monoisotopic (exact) mass is 189 g/mol. The number of rotatable bonds is 3. The highest BCUT2D eigenvalue weighted by molar-refractivity contribution is 5.69. The van der Waals surface area contributed by atoms with Gasteiger partial charge in [0.1, 0.15) is 0 Å². The van der Waals surface area contributed by atoms with Crippen molar-refractivity contribution in [3.63, 3.8) is 0 Å². The van der Waals surface area contributed by atoms with Crippen LogP contribution in [0, 0.1) is 0 Å². The molecule has 0 fully saturated rings. The second-order valence-electron chi connectivity index (χ2n) is 3.47. The normalized spacial score (nSPS) is 9.46. The maximum Gasteiger partial charge on any atom is 0.338 e. The van der Waals surface area contributed by atoms with E-state index >= 15 is 0 Å². The van der Waals surface area contributed by atoms with Crippen LogP contribution in [0.3, 0.4) is 0 Å². The van der Waals surface area contributed by atoms with Crippen molar-refractivity contribution in [3.05, 3.63) is 0 Å². The van der Waals surface area contributed by atoms with Crippen LogP contribution in [-0.4, -0.2) is 24.6 Å². The second-order valence-corrected chi connectivity index (χ2v) is 3.47. The molecule has 0 saturated carbocycles. The van der Waals surface area contributed by atoms with E-state index in [2.05, 4.69) is 31.1 Å². The minimum atomic E-state index is 0.287. The van der Waals surface area contributed by atoms with Crippen LogP contribution in [-0.2, 0) is 0 Å². The molecule has 0 aliphatic carbocycles. The maximum absolute atomic E-state index is 5.08. The Morgan fingerprint density at radius 2 is 1.69 bits per heavy atom. The molecular formula is C9H25N4+. The van der Waals surface area contributed by atoms with Gasteiger partial charge in [-0.2, -0.15) is 0 Å². The smallest absolute Gasteiger partial charge is 0.315 e. The van der Waals surface area contributed by atoms with Crippen LogP contribution in [0.25, 0.3) is 0 Å². The van der Waals surface area contributed by atoms with Gasteiger partial charge < -0.3 is 5.32 Å². The number of nitrogens with one attached hydrogen (secondary N) is 2. The summed E-state index contributed by atoms with van der Waals surface area (Å²) in [6, 6.07) is 0.986. The summed E-state index contributed by atoms with van der Waals surface area (Å²) < 4.78 is 0. The third-order valence-corrected chi connectivity index (χ3v) is 1.07. The first-order valence-electron chi connectivity index (χ1n) is 4.77. The third kappa shape index (κ3) is 24.6. The van der Waals surface area contributed by atoms with E-state index in [-0.39, 0.29) is 5.96 Å². The summed E-state index contributed by atoms with van der Waals surface area (Å²) in [6.45, 7) is 11.4. The van der Waals surface area contributed by atoms with Crippen molar-refractivity contribution >= 4 is 5.96 Å². The number of hydrogen-bond donors (Lipinski definition) is 4. The first-order valence-corrected chi connectivity index (χ1v) is 4.77. The Kier molecular flexibility index (Phi) is 10.6. The first-order chi connectivity index (χ1) is 5.90. The lowest BCUT2D eigenvalue weighted by Crippen LogP contribution is -2.82. The average Bonchev–Trinajstić information content (AvgIpc) is 1.83. The van der Waals surface area contributed by atoms with Gasteiger partial charge in [-0.1, -0.05) is 20.8 Å². The van der Waals surface area contributed by atoms with Crippen LogP contribution in [0.2, 0.25) is 0 Å². The van der Waals surface area contributed by atoms with Crippen LogP contribution in [0.1, 0.15) is 34.6 Å². The Hall–Kier alpha value is -0.770. The van der Waals surface area contributed by atoms with E-state index in [0.29, 0.717) is 12.1 Å². The van der Waals surface area contributed by atoms with Crippen molar-refractivity contribution < 1.29 is 4.99 Å². The fourth-order valence-electron chi connectivity index (χ4n) is 0.742. The Morgan fingerprint density at radius 3 is 1.69 bits per heavy atom. The second kappa shape index (κ2) is 9.32. The summed E-state index contributed by atoms with van der Waals surface area (Å²) in [5, 5.41) is 3.21. The molecule has 4 heteroatoms. The lowest BCUT2D eigenvalue weighted by Gasteiger charge is -2.00. The average molecular weight is 189 g/mol. The predicted octanol–water partition coefficient (Wildman–Crippen LogP) is -1.25. The zero-order valence-electron chi connectivity index (χ0n) is 9.52. The van der Waals surface area contributed by atoms with Crippen LogP contribution in [0.15, 0.2) is 0 Å². The van der Waals surface area contributed by atoms with Gasteiger partial charge in [-0.3, -0.25) is 16.5 Å². The minimum Gasteiger partial charge on any atom is -0.315 e. The fourth-order valence-corrected chi connectivity index (χ4v) is 0.742. The van der Waals surface area contributed by atoms with E-state index in [0.717, 1.165) is 6.54 Å². The van der Waals surface area contributed by atoms with Gasteiger partial charge in [0.15, 0.2) is 0 Å². The van der Waals surface area contributed by atoms with Gasteiger partial charge >= 0.3 is 5.96 Å². The van der Waals surface area contributed by atoms with Crippen molar-refractivity contribution in [2.24, 2.45) is 11.5 Å². The van der Waals surface area contributed by atoms with Gasteiger partial charge in [-0.15, -0.1) is 0 Å². The summed E-state index contributed by atoms with van der Waals surface area (Å²) in [4.78, 5) is 2.78.